The van der Waals surface area contributed by atoms with E-state index < -0.39 is 0 Å². The minimum atomic E-state index is -0.0555. The van der Waals surface area contributed by atoms with Crippen LogP contribution in [0.2, 0.25) is 0 Å². The van der Waals surface area contributed by atoms with E-state index in [0.717, 1.165) is 40.0 Å². The van der Waals surface area contributed by atoms with Gasteiger partial charge in [0.15, 0.2) is 0 Å². The highest BCUT2D eigenvalue weighted by Crippen LogP contribution is 2.36. The lowest BCUT2D eigenvalue weighted by molar-refractivity contribution is -0.115. The molecule has 0 atom stereocenters. The molecule has 1 aliphatic carbocycles. The number of tetrazole rings is 1. The molecule has 1 amide bonds. The topological polar surface area (TPSA) is 85.6 Å². The van der Waals surface area contributed by atoms with Crippen molar-refractivity contribution in [1.82, 2.24) is 25.2 Å². The quantitative estimate of drug-likeness (QED) is 0.628. The molecule has 0 radical (unpaired) electrons. The number of amides is 1. The summed E-state index contributed by atoms with van der Waals surface area (Å²) in [5, 5.41) is 18.4. The van der Waals surface area contributed by atoms with E-state index in [1.54, 1.807) is 11.8 Å². The maximum Gasteiger partial charge on any atom is 0.231 e. The van der Waals surface area contributed by atoms with Crippen molar-refractivity contribution in [1.29, 1.82) is 0 Å². The molecule has 1 N–H and O–H groups in total. The summed E-state index contributed by atoms with van der Waals surface area (Å²) in [6, 6.07) is 8.22. The van der Waals surface area contributed by atoms with E-state index in [4.69, 9.17) is 0 Å². The predicted octanol–water partition coefficient (Wildman–Crippen LogP) is 3.25. The number of hydrogen-bond donors (Lipinski definition) is 1. The smallest absolute Gasteiger partial charge is 0.231 e. The summed E-state index contributed by atoms with van der Waals surface area (Å²) < 4.78 is 1.90. The Balaban J connectivity index is 1.30. The zero-order valence-corrected chi connectivity index (χ0v) is 15.9. The molecule has 0 saturated heterocycles. The predicted molar refractivity (Wildman–Crippen MR) is 101 cm³/mol. The van der Waals surface area contributed by atoms with E-state index in [9.17, 15) is 4.79 Å². The van der Waals surface area contributed by atoms with Crippen LogP contribution in [0.1, 0.15) is 35.1 Å². The van der Waals surface area contributed by atoms with Gasteiger partial charge in [-0.25, -0.2) is 9.67 Å². The van der Waals surface area contributed by atoms with Gasteiger partial charge in [-0.2, -0.15) is 0 Å². The lowest BCUT2D eigenvalue weighted by atomic mass is 10.2. The third-order valence-electron chi connectivity index (χ3n) is 3.95. The molecule has 0 bridgehead atoms. The fourth-order valence-electron chi connectivity index (χ4n) is 2.44. The highest BCUT2D eigenvalue weighted by Gasteiger charge is 2.27. The number of carbonyl (C=O) groups excluding carboxylic acids is 1. The lowest BCUT2D eigenvalue weighted by Crippen LogP contribution is -2.14. The van der Waals surface area contributed by atoms with Gasteiger partial charge < -0.3 is 5.32 Å². The average Bonchev–Trinajstić information content (AvgIpc) is 3.19. The largest absolute Gasteiger partial charge is 0.326 e. The number of nitrogens with zero attached hydrogens (tertiary/aromatic N) is 5. The summed E-state index contributed by atoms with van der Waals surface area (Å²) in [5.41, 5.74) is 2.92. The molecule has 7 nitrogen and oxygen atoms in total. The standard InChI is InChI=1S/C17H18N6OS2/c1-11-2-4-12(5-3-11)18-15(24)8-16-19-13(9-25-16)10-26-17-20-21-22-23(17)14-6-7-14/h2-5,9,14H,6-8,10H2,1H3,(H,18,24). The first-order valence-electron chi connectivity index (χ1n) is 8.38. The summed E-state index contributed by atoms with van der Waals surface area (Å²) in [5.74, 6) is 0.642. The normalized spacial score (nSPS) is 13.7. The van der Waals surface area contributed by atoms with Gasteiger partial charge in [0.25, 0.3) is 0 Å². The van der Waals surface area contributed by atoms with E-state index in [1.807, 2.05) is 41.3 Å². The fraction of sp³-hybridized carbons (Fsp3) is 0.353. The van der Waals surface area contributed by atoms with Gasteiger partial charge in [0, 0.05) is 16.8 Å². The van der Waals surface area contributed by atoms with Gasteiger partial charge in [-0.3, -0.25) is 4.79 Å². The van der Waals surface area contributed by atoms with Gasteiger partial charge in [0.2, 0.25) is 11.1 Å². The zero-order chi connectivity index (χ0) is 17.9. The lowest BCUT2D eigenvalue weighted by Gasteiger charge is -2.04. The maximum atomic E-state index is 12.2. The molecule has 134 valence electrons. The highest BCUT2D eigenvalue weighted by molar-refractivity contribution is 7.98. The molecule has 26 heavy (non-hydrogen) atoms. The van der Waals surface area contributed by atoms with Crippen molar-refractivity contribution in [2.75, 3.05) is 5.32 Å². The summed E-state index contributed by atoms with van der Waals surface area (Å²) in [4.78, 5) is 16.7. The summed E-state index contributed by atoms with van der Waals surface area (Å²) >= 11 is 3.09. The van der Waals surface area contributed by atoms with Crippen LogP contribution in [-0.4, -0.2) is 31.1 Å². The first-order valence-corrected chi connectivity index (χ1v) is 10.2. The monoisotopic (exact) mass is 386 g/mol. The van der Waals surface area contributed by atoms with Crippen LogP contribution in [0.15, 0.2) is 34.8 Å². The Morgan fingerprint density at radius 2 is 2.15 bits per heavy atom. The second kappa shape index (κ2) is 7.55. The van der Waals surface area contributed by atoms with E-state index in [2.05, 4.69) is 25.8 Å². The number of thioether (sulfide) groups is 1. The van der Waals surface area contributed by atoms with Crippen LogP contribution in [0.5, 0.6) is 0 Å². The number of rotatable bonds is 7. The van der Waals surface area contributed by atoms with E-state index >= 15 is 0 Å². The molecule has 1 aliphatic rings. The van der Waals surface area contributed by atoms with Gasteiger partial charge in [-0.15, -0.1) is 16.4 Å². The van der Waals surface area contributed by atoms with Crippen molar-refractivity contribution in [3.63, 3.8) is 0 Å². The number of aryl methyl sites for hydroxylation is 1. The van der Waals surface area contributed by atoms with Gasteiger partial charge in [0.1, 0.15) is 5.01 Å². The van der Waals surface area contributed by atoms with Crippen LogP contribution in [-0.2, 0) is 17.0 Å². The molecular formula is C17H18N6OS2. The molecule has 1 saturated carbocycles. The van der Waals surface area contributed by atoms with Gasteiger partial charge in [0.05, 0.1) is 18.2 Å². The Morgan fingerprint density at radius 3 is 2.92 bits per heavy atom. The molecule has 2 heterocycles. The molecule has 2 aromatic heterocycles. The van der Waals surface area contributed by atoms with Crippen LogP contribution in [0.4, 0.5) is 5.69 Å². The Bertz CT molecular complexity index is 900. The molecule has 0 aliphatic heterocycles. The average molecular weight is 387 g/mol. The Kier molecular flexibility index (Phi) is 4.98. The molecule has 0 spiro atoms. The van der Waals surface area contributed by atoms with Crippen molar-refractivity contribution in [3.8, 4) is 0 Å². The molecule has 0 unspecified atom stereocenters. The van der Waals surface area contributed by atoms with Crippen LogP contribution in [0.25, 0.3) is 0 Å². The Morgan fingerprint density at radius 1 is 1.35 bits per heavy atom. The first kappa shape index (κ1) is 17.2. The molecule has 1 fully saturated rings. The van der Waals surface area contributed by atoms with Gasteiger partial charge in [-0.05, 0) is 42.3 Å². The second-order valence-electron chi connectivity index (χ2n) is 6.25. The summed E-state index contributed by atoms with van der Waals surface area (Å²) in [6.07, 6.45) is 2.58. The molecule has 1 aromatic carbocycles. The van der Waals surface area contributed by atoms with E-state index in [-0.39, 0.29) is 12.3 Å². The number of benzene rings is 1. The minimum Gasteiger partial charge on any atom is -0.326 e. The third-order valence-corrected chi connectivity index (χ3v) is 5.82. The van der Waals surface area contributed by atoms with Gasteiger partial charge in [-0.1, -0.05) is 29.5 Å². The van der Waals surface area contributed by atoms with Crippen LogP contribution in [0, 0.1) is 6.92 Å². The van der Waals surface area contributed by atoms with E-state index in [0.29, 0.717) is 11.8 Å². The highest BCUT2D eigenvalue weighted by atomic mass is 32.2. The van der Waals surface area contributed by atoms with Crippen molar-refractivity contribution >= 4 is 34.7 Å². The van der Waals surface area contributed by atoms with Crippen molar-refractivity contribution < 1.29 is 4.79 Å². The van der Waals surface area contributed by atoms with Crippen molar-refractivity contribution in [2.24, 2.45) is 0 Å². The van der Waals surface area contributed by atoms with Crippen LogP contribution in [0.3, 0.4) is 0 Å². The Hall–Kier alpha value is -2.26. The Labute approximate surface area is 159 Å². The van der Waals surface area contributed by atoms with Crippen LogP contribution < -0.4 is 5.32 Å². The zero-order valence-electron chi connectivity index (χ0n) is 14.3. The third kappa shape index (κ3) is 4.28. The first-order chi connectivity index (χ1) is 12.7. The molecular weight excluding hydrogens is 368 g/mol. The number of thiazole rings is 1. The molecule has 3 aromatic rings. The number of nitrogens with one attached hydrogen (secondary N) is 1. The molecule has 4 rings (SSSR count). The summed E-state index contributed by atoms with van der Waals surface area (Å²) in [7, 11) is 0. The number of hydrogen-bond acceptors (Lipinski definition) is 7. The molecule has 9 heteroatoms. The van der Waals surface area contributed by atoms with Crippen molar-refractivity contribution in [2.45, 2.75) is 43.1 Å². The number of anilines is 1. The minimum absolute atomic E-state index is 0.0555. The maximum absolute atomic E-state index is 12.2. The van der Waals surface area contributed by atoms with Crippen molar-refractivity contribution in [3.05, 3.63) is 45.9 Å². The van der Waals surface area contributed by atoms with Crippen LogP contribution >= 0.6 is 23.1 Å². The van der Waals surface area contributed by atoms with Gasteiger partial charge >= 0.3 is 0 Å². The number of carbonyl (C=O) groups is 1. The fourth-order valence-corrected chi connectivity index (χ4v) is 4.18. The number of aromatic nitrogens is 5. The summed E-state index contributed by atoms with van der Waals surface area (Å²) in [6.45, 7) is 2.02. The SMILES string of the molecule is Cc1ccc(NC(=O)Cc2nc(CSc3nnnn3C3CC3)cs2)cc1. The second-order valence-corrected chi connectivity index (χ2v) is 8.13. The van der Waals surface area contributed by atoms with E-state index in [1.165, 1.54) is 11.3 Å².